The number of carbonyl (C=O) groups excluding carboxylic acids is 1. The van der Waals surface area contributed by atoms with Crippen molar-refractivity contribution in [2.45, 2.75) is 44.6 Å². The van der Waals surface area contributed by atoms with Gasteiger partial charge in [-0.25, -0.2) is 4.98 Å². The van der Waals surface area contributed by atoms with E-state index in [9.17, 15) is 4.79 Å². The van der Waals surface area contributed by atoms with Gasteiger partial charge < -0.3 is 15.5 Å². The van der Waals surface area contributed by atoms with Crippen LogP contribution < -0.4 is 11.1 Å². The third-order valence-electron chi connectivity index (χ3n) is 4.20. The topological polar surface area (TPSA) is 81.2 Å². The molecule has 0 bridgehead atoms. The van der Waals surface area contributed by atoms with Gasteiger partial charge in [-0.05, 0) is 31.9 Å². The van der Waals surface area contributed by atoms with Crippen molar-refractivity contribution in [2.75, 3.05) is 6.54 Å². The molecule has 0 atom stereocenters. The molecular weight excluding hydrogens is 298 g/mol. The van der Waals surface area contributed by atoms with Crippen molar-refractivity contribution in [3.8, 4) is 10.8 Å². The number of amides is 1. The normalized spacial score (nSPS) is 16.8. The number of rotatable bonds is 5. The fourth-order valence-electron chi connectivity index (χ4n) is 2.99. The van der Waals surface area contributed by atoms with Gasteiger partial charge in [-0.1, -0.05) is 12.8 Å². The van der Waals surface area contributed by atoms with Crippen LogP contribution in [0.2, 0.25) is 0 Å². The van der Waals surface area contributed by atoms with E-state index in [1.165, 1.54) is 11.3 Å². The summed E-state index contributed by atoms with van der Waals surface area (Å²) in [5.74, 6) is 1.61. The molecule has 0 aromatic carbocycles. The second kappa shape index (κ2) is 6.22. The number of aromatic nitrogens is 1. The average Bonchev–Trinajstić information content (AvgIpc) is 3.20. The van der Waals surface area contributed by atoms with Crippen LogP contribution >= 0.6 is 11.3 Å². The minimum Gasteiger partial charge on any atom is -0.459 e. The highest BCUT2D eigenvalue weighted by atomic mass is 32.1. The summed E-state index contributed by atoms with van der Waals surface area (Å²) < 4.78 is 5.56. The molecule has 0 spiro atoms. The molecule has 0 saturated heterocycles. The highest BCUT2D eigenvalue weighted by Gasteiger charge is 2.33. The van der Waals surface area contributed by atoms with Crippen LogP contribution in [0.5, 0.6) is 0 Å². The zero-order valence-corrected chi connectivity index (χ0v) is 13.5. The molecule has 2 aromatic heterocycles. The Bertz CT molecular complexity index is 656. The number of thiazole rings is 1. The molecule has 5 nitrogen and oxygen atoms in total. The number of nitrogens with two attached hydrogens (primary N) is 1. The number of hydrogen-bond acceptors (Lipinski definition) is 5. The van der Waals surface area contributed by atoms with Gasteiger partial charge in [0, 0.05) is 11.9 Å². The molecule has 1 fully saturated rings. The Morgan fingerprint density at radius 2 is 2.23 bits per heavy atom. The molecule has 0 unspecified atom stereocenters. The molecule has 6 heteroatoms. The van der Waals surface area contributed by atoms with Crippen molar-refractivity contribution in [1.82, 2.24) is 10.3 Å². The summed E-state index contributed by atoms with van der Waals surface area (Å²) in [5.41, 5.74) is 6.43. The van der Waals surface area contributed by atoms with Crippen molar-refractivity contribution in [3.05, 3.63) is 29.0 Å². The van der Waals surface area contributed by atoms with E-state index in [4.69, 9.17) is 10.2 Å². The molecule has 118 valence electrons. The van der Waals surface area contributed by atoms with Gasteiger partial charge >= 0.3 is 0 Å². The molecule has 0 radical (unpaired) electrons. The van der Waals surface area contributed by atoms with E-state index in [1.54, 1.807) is 0 Å². The van der Waals surface area contributed by atoms with Crippen molar-refractivity contribution >= 4 is 17.2 Å². The lowest BCUT2D eigenvalue weighted by Gasteiger charge is -2.28. The van der Waals surface area contributed by atoms with E-state index >= 15 is 0 Å². The number of nitrogens with one attached hydrogen (secondary N) is 1. The zero-order valence-electron chi connectivity index (χ0n) is 12.7. The molecule has 0 aliphatic heterocycles. The van der Waals surface area contributed by atoms with E-state index in [0.717, 1.165) is 47.9 Å². The maximum atomic E-state index is 12.3. The summed E-state index contributed by atoms with van der Waals surface area (Å²) in [6, 6.07) is 3.81. The number of carbonyl (C=O) groups is 1. The summed E-state index contributed by atoms with van der Waals surface area (Å²) >= 11 is 1.50. The van der Waals surface area contributed by atoms with Crippen molar-refractivity contribution in [2.24, 2.45) is 5.73 Å². The first-order chi connectivity index (χ1) is 10.6. The van der Waals surface area contributed by atoms with E-state index in [1.807, 2.05) is 24.4 Å². The maximum absolute atomic E-state index is 12.3. The van der Waals surface area contributed by atoms with E-state index in [0.29, 0.717) is 6.54 Å². The highest BCUT2D eigenvalue weighted by molar-refractivity contribution is 7.13. The van der Waals surface area contributed by atoms with Crippen LogP contribution in [0.25, 0.3) is 10.8 Å². The summed E-state index contributed by atoms with van der Waals surface area (Å²) in [6.07, 6.45) is 4.51. The molecule has 3 N–H and O–H groups in total. The largest absolute Gasteiger partial charge is 0.459 e. The van der Waals surface area contributed by atoms with Crippen LogP contribution in [0.1, 0.15) is 37.1 Å². The van der Waals surface area contributed by atoms with Crippen molar-refractivity contribution in [1.29, 1.82) is 0 Å². The molecular formula is C16H21N3O2S. The molecule has 1 aliphatic carbocycles. The van der Waals surface area contributed by atoms with Crippen LogP contribution in [0, 0.1) is 6.92 Å². The summed E-state index contributed by atoms with van der Waals surface area (Å²) in [5, 5.41) is 5.84. The SMILES string of the molecule is Cc1ccc(-c2nc(CC(=O)NC3(CN)CCCC3)cs2)o1. The minimum atomic E-state index is -0.200. The molecule has 1 amide bonds. The first-order valence-corrected chi connectivity index (χ1v) is 8.50. The maximum Gasteiger partial charge on any atom is 0.226 e. The van der Waals surface area contributed by atoms with Crippen molar-refractivity contribution < 1.29 is 9.21 Å². The van der Waals surface area contributed by atoms with Crippen molar-refractivity contribution in [3.63, 3.8) is 0 Å². The quantitative estimate of drug-likeness (QED) is 0.887. The standard InChI is InChI=1S/C16H21N3O2S/c1-11-4-5-13(21-11)15-18-12(9-22-15)8-14(20)19-16(10-17)6-2-3-7-16/h4-5,9H,2-3,6-8,10,17H2,1H3,(H,19,20). The zero-order chi connectivity index (χ0) is 15.6. The minimum absolute atomic E-state index is 0.000162. The van der Waals surface area contributed by atoms with Crippen LogP contribution in [-0.2, 0) is 11.2 Å². The van der Waals surface area contributed by atoms with Gasteiger partial charge in [-0.15, -0.1) is 11.3 Å². The van der Waals surface area contributed by atoms with E-state index in [2.05, 4.69) is 10.3 Å². The molecule has 2 aromatic rings. The third kappa shape index (κ3) is 3.23. The van der Waals surface area contributed by atoms with Gasteiger partial charge in [-0.3, -0.25) is 4.79 Å². The van der Waals surface area contributed by atoms with Gasteiger partial charge in [0.25, 0.3) is 0 Å². The fourth-order valence-corrected chi connectivity index (χ4v) is 3.77. The third-order valence-corrected chi connectivity index (χ3v) is 5.11. The summed E-state index contributed by atoms with van der Waals surface area (Å²) in [7, 11) is 0. The average molecular weight is 319 g/mol. The van der Waals surface area contributed by atoms with E-state index < -0.39 is 0 Å². The molecule has 1 aliphatic rings. The fraction of sp³-hybridized carbons (Fsp3) is 0.500. The Hall–Kier alpha value is -1.66. The predicted octanol–water partition coefficient (Wildman–Crippen LogP) is 2.64. The molecule has 3 rings (SSSR count). The Morgan fingerprint density at radius 1 is 1.45 bits per heavy atom. The second-order valence-electron chi connectivity index (χ2n) is 5.97. The Kier molecular flexibility index (Phi) is 4.31. The first kappa shape index (κ1) is 15.2. The van der Waals surface area contributed by atoms with E-state index in [-0.39, 0.29) is 17.9 Å². The summed E-state index contributed by atoms with van der Waals surface area (Å²) in [6.45, 7) is 2.41. The van der Waals surface area contributed by atoms with Gasteiger partial charge in [-0.2, -0.15) is 0 Å². The Morgan fingerprint density at radius 3 is 2.86 bits per heavy atom. The van der Waals surface area contributed by atoms with Crippen LogP contribution in [-0.4, -0.2) is 23.0 Å². The Balaban J connectivity index is 1.63. The van der Waals surface area contributed by atoms with Crippen LogP contribution in [0.15, 0.2) is 21.9 Å². The number of hydrogen-bond donors (Lipinski definition) is 2. The summed E-state index contributed by atoms with van der Waals surface area (Å²) in [4.78, 5) is 16.7. The lowest BCUT2D eigenvalue weighted by atomic mass is 9.97. The first-order valence-electron chi connectivity index (χ1n) is 7.62. The molecule has 22 heavy (non-hydrogen) atoms. The number of nitrogens with zero attached hydrogens (tertiary/aromatic N) is 1. The monoisotopic (exact) mass is 319 g/mol. The molecule has 1 saturated carbocycles. The molecule has 2 heterocycles. The van der Waals surface area contributed by atoms with Gasteiger partial charge in [0.1, 0.15) is 5.76 Å². The number of aryl methyl sites for hydroxylation is 1. The lowest BCUT2D eigenvalue weighted by Crippen LogP contribution is -2.52. The predicted molar refractivity (Wildman–Crippen MR) is 86.7 cm³/mol. The lowest BCUT2D eigenvalue weighted by molar-refractivity contribution is -0.122. The highest BCUT2D eigenvalue weighted by Crippen LogP contribution is 2.29. The second-order valence-corrected chi connectivity index (χ2v) is 6.83. The van der Waals surface area contributed by atoms with Gasteiger partial charge in [0.15, 0.2) is 10.8 Å². The van der Waals surface area contributed by atoms with Gasteiger partial charge in [0.2, 0.25) is 5.91 Å². The van der Waals surface area contributed by atoms with Crippen LogP contribution in [0.3, 0.4) is 0 Å². The Labute approximate surface area is 133 Å². The smallest absolute Gasteiger partial charge is 0.226 e. The van der Waals surface area contributed by atoms with Gasteiger partial charge in [0.05, 0.1) is 17.7 Å². The number of furan rings is 1. The van der Waals surface area contributed by atoms with Crippen LogP contribution in [0.4, 0.5) is 0 Å².